The van der Waals surface area contributed by atoms with Crippen LogP contribution in [0.15, 0.2) is 28.7 Å². The topological polar surface area (TPSA) is 55.9 Å². The maximum atomic E-state index is 5.75. The van der Waals surface area contributed by atoms with Crippen molar-refractivity contribution in [1.29, 1.82) is 0 Å². The average molecular weight is 449 g/mol. The summed E-state index contributed by atoms with van der Waals surface area (Å²) >= 11 is 5.95. The van der Waals surface area contributed by atoms with Crippen LogP contribution in [0.2, 0.25) is 0 Å². The standard InChI is InChI=1S/C14H18BrIN4/c1-3-20-13(14(15)9(2)19-20)8-12(18-17)10-5-4-6-11(16)7-10/h4-7,12,18H,3,8,17H2,1-2H3. The van der Waals surface area contributed by atoms with E-state index in [0.717, 1.165) is 23.1 Å². The van der Waals surface area contributed by atoms with E-state index in [9.17, 15) is 0 Å². The molecule has 3 N–H and O–H groups in total. The van der Waals surface area contributed by atoms with E-state index < -0.39 is 0 Å². The summed E-state index contributed by atoms with van der Waals surface area (Å²) in [5, 5.41) is 4.53. The number of aromatic nitrogens is 2. The van der Waals surface area contributed by atoms with E-state index in [0.29, 0.717) is 0 Å². The highest BCUT2D eigenvalue weighted by atomic mass is 127. The van der Waals surface area contributed by atoms with Gasteiger partial charge < -0.3 is 0 Å². The van der Waals surface area contributed by atoms with Gasteiger partial charge in [0, 0.05) is 16.5 Å². The third-order valence-corrected chi connectivity index (χ3v) is 5.01. The minimum absolute atomic E-state index is 0.0717. The van der Waals surface area contributed by atoms with E-state index in [2.05, 4.69) is 80.2 Å². The van der Waals surface area contributed by atoms with Gasteiger partial charge >= 0.3 is 0 Å². The highest BCUT2D eigenvalue weighted by molar-refractivity contribution is 14.1. The van der Waals surface area contributed by atoms with E-state index in [4.69, 9.17) is 5.84 Å². The van der Waals surface area contributed by atoms with Gasteiger partial charge in [0.15, 0.2) is 0 Å². The minimum Gasteiger partial charge on any atom is -0.271 e. The number of hydrogen-bond acceptors (Lipinski definition) is 3. The second-order valence-corrected chi connectivity index (χ2v) is 6.68. The lowest BCUT2D eigenvalue weighted by Gasteiger charge is -2.17. The molecule has 0 spiro atoms. The molecule has 1 aromatic heterocycles. The summed E-state index contributed by atoms with van der Waals surface area (Å²) in [7, 11) is 0. The maximum absolute atomic E-state index is 5.75. The summed E-state index contributed by atoms with van der Waals surface area (Å²) in [6.45, 7) is 4.96. The molecule has 1 atom stereocenters. The Balaban J connectivity index is 2.31. The number of benzene rings is 1. The first-order chi connectivity index (χ1) is 9.56. The van der Waals surface area contributed by atoms with Crippen molar-refractivity contribution in [2.45, 2.75) is 32.9 Å². The second kappa shape index (κ2) is 7.02. The van der Waals surface area contributed by atoms with Gasteiger partial charge in [0.1, 0.15) is 0 Å². The molecular formula is C14H18BrIN4. The number of halogens is 2. The zero-order valence-corrected chi connectivity index (χ0v) is 15.3. The Labute approximate surface area is 141 Å². The molecule has 2 rings (SSSR count). The first-order valence-corrected chi connectivity index (χ1v) is 8.37. The molecule has 4 nitrogen and oxygen atoms in total. The van der Waals surface area contributed by atoms with Crippen LogP contribution in [-0.4, -0.2) is 9.78 Å². The van der Waals surface area contributed by atoms with Crippen LogP contribution in [0.25, 0.3) is 0 Å². The van der Waals surface area contributed by atoms with Gasteiger partial charge in [-0.25, -0.2) is 0 Å². The van der Waals surface area contributed by atoms with Crippen molar-refractivity contribution in [3.8, 4) is 0 Å². The summed E-state index contributed by atoms with van der Waals surface area (Å²) in [5.41, 5.74) is 6.29. The predicted octanol–water partition coefficient (Wildman–Crippen LogP) is 3.33. The van der Waals surface area contributed by atoms with Gasteiger partial charge in [0.05, 0.1) is 21.9 Å². The van der Waals surface area contributed by atoms with E-state index >= 15 is 0 Å². The number of hydrogen-bond donors (Lipinski definition) is 2. The van der Waals surface area contributed by atoms with E-state index in [1.807, 2.05) is 11.6 Å². The van der Waals surface area contributed by atoms with Crippen molar-refractivity contribution in [3.63, 3.8) is 0 Å². The van der Waals surface area contributed by atoms with Crippen LogP contribution < -0.4 is 11.3 Å². The summed E-state index contributed by atoms with van der Waals surface area (Å²) < 4.78 is 4.31. The monoisotopic (exact) mass is 448 g/mol. The van der Waals surface area contributed by atoms with Gasteiger partial charge in [0.2, 0.25) is 0 Å². The third kappa shape index (κ3) is 3.41. The number of hydrazine groups is 1. The fraction of sp³-hybridized carbons (Fsp3) is 0.357. The zero-order chi connectivity index (χ0) is 14.7. The molecule has 0 radical (unpaired) electrons. The Kier molecular flexibility index (Phi) is 5.59. The zero-order valence-electron chi connectivity index (χ0n) is 11.5. The van der Waals surface area contributed by atoms with Gasteiger partial charge in [0.25, 0.3) is 0 Å². The van der Waals surface area contributed by atoms with Crippen molar-refractivity contribution in [3.05, 3.63) is 49.3 Å². The molecular weight excluding hydrogens is 431 g/mol. The van der Waals surface area contributed by atoms with Crippen LogP contribution in [0.3, 0.4) is 0 Å². The van der Waals surface area contributed by atoms with Crippen LogP contribution in [0.5, 0.6) is 0 Å². The van der Waals surface area contributed by atoms with E-state index in [1.54, 1.807) is 0 Å². The van der Waals surface area contributed by atoms with E-state index in [-0.39, 0.29) is 6.04 Å². The lowest BCUT2D eigenvalue weighted by molar-refractivity contribution is 0.516. The molecule has 0 saturated carbocycles. The largest absolute Gasteiger partial charge is 0.271 e. The van der Waals surface area contributed by atoms with Crippen molar-refractivity contribution in [2.75, 3.05) is 0 Å². The Morgan fingerprint density at radius 1 is 1.50 bits per heavy atom. The smallest absolute Gasteiger partial charge is 0.0738 e. The molecule has 6 heteroatoms. The number of nitrogens with zero attached hydrogens (tertiary/aromatic N) is 2. The van der Waals surface area contributed by atoms with Crippen LogP contribution in [0.1, 0.15) is 29.9 Å². The van der Waals surface area contributed by atoms with Crippen molar-refractivity contribution >= 4 is 38.5 Å². The Hall–Kier alpha value is -0.440. The third-order valence-electron chi connectivity index (χ3n) is 3.30. The fourth-order valence-corrected chi connectivity index (χ4v) is 3.27. The summed E-state index contributed by atoms with van der Waals surface area (Å²) in [5.74, 6) is 5.75. The molecule has 2 aromatic rings. The second-order valence-electron chi connectivity index (χ2n) is 4.64. The molecule has 0 amide bonds. The highest BCUT2D eigenvalue weighted by Crippen LogP contribution is 2.26. The molecule has 0 aliphatic rings. The molecule has 1 aromatic carbocycles. The van der Waals surface area contributed by atoms with Gasteiger partial charge in [-0.2, -0.15) is 5.10 Å². The lowest BCUT2D eigenvalue weighted by atomic mass is 10.0. The molecule has 0 bridgehead atoms. The first kappa shape index (κ1) is 15.9. The Morgan fingerprint density at radius 2 is 2.25 bits per heavy atom. The SMILES string of the molecule is CCn1nc(C)c(Br)c1CC(NN)c1cccc(I)c1. The summed E-state index contributed by atoms with van der Waals surface area (Å²) in [6, 6.07) is 8.45. The summed E-state index contributed by atoms with van der Waals surface area (Å²) in [6.07, 6.45) is 0.797. The Bertz CT molecular complexity index is 597. The van der Waals surface area contributed by atoms with Gasteiger partial charge in [-0.05, 0) is 70.1 Å². The van der Waals surface area contributed by atoms with Crippen LogP contribution >= 0.6 is 38.5 Å². The van der Waals surface area contributed by atoms with Gasteiger partial charge in [-0.15, -0.1) is 0 Å². The van der Waals surface area contributed by atoms with E-state index in [1.165, 1.54) is 14.8 Å². The average Bonchev–Trinajstić information content (AvgIpc) is 2.71. The molecule has 0 aliphatic carbocycles. The number of rotatable bonds is 5. The highest BCUT2D eigenvalue weighted by Gasteiger charge is 2.18. The first-order valence-electron chi connectivity index (χ1n) is 6.50. The molecule has 1 heterocycles. The van der Waals surface area contributed by atoms with Crippen molar-refractivity contribution in [1.82, 2.24) is 15.2 Å². The molecule has 0 fully saturated rings. The minimum atomic E-state index is 0.0717. The number of nitrogens with one attached hydrogen (secondary N) is 1. The van der Waals surface area contributed by atoms with Crippen molar-refractivity contribution in [2.24, 2.45) is 5.84 Å². The van der Waals surface area contributed by atoms with Crippen LogP contribution in [-0.2, 0) is 13.0 Å². The maximum Gasteiger partial charge on any atom is 0.0738 e. The normalized spacial score (nSPS) is 12.7. The Morgan fingerprint density at radius 3 is 2.85 bits per heavy atom. The number of aryl methyl sites for hydroxylation is 2. The molecule has 20 heavy (non-hydrogen) atoms. The molecule has 0 aliphatic heterocycles. The van der Waals surface area contributed by atoms with Crippen LogP contribution in [0, 0.1) is 10.5 Å². The van der Waals surface area contributed by atoms with Crippen LogP contribution in [0.4, 0.5) is 0 Å². The predicted molar refractivity (Wildman–Crippen MR) is 93.3 cm³/mol. The molecule has 1 unspecified atom stereocenters. The number of nitrogens with two attached hydrogens (primary N) is 1. The van der Waals surface area contributed by atoms with Crippen molar-refractivity contribution < 1.29 is 0 Å². The molecule has 108 valence electrons. The lowest BCUT2D eigenvalue weighted by Crippen LogP contribution is -2.30. The quantitative estimate of drug-likeness (QED) is 0.419. The van der Waals surface area contributed by atoms with Gasteiger partial charge in [-0.3, -0.25) is 16.0 Å². The van der Waals surface area contributed by atoms with Gasteiger partial charge in [-0.1, -0.05) is 12.1 Å². The fourth-order valence-electron chi connectivity index (χ4n) is 2.25. The summed E-state index contributed by atoms with van der Waals surface area (Å²) in [4.78, 5) is 0. The molecule has 0 saturated heterocycles.